The number of carbonyl (C=O) groups is 2. The van der Waals surface area contributed by atoms with Gasteiger partial charge < -0.3 is 9.80 Å². The van der Waals surface area contributed by atoms with Crippen LogP contribution in [0.4, 0.5) is 4.39 Å². The van der Waals surface area contributed by atoms with Gasteiger partial charge in [0.1, 0.15) is 12.1 Å². The first-order valence-corrected chi connectivity index (χ1v) is 9.28. The Balaban J connectivity index is 1.43. The van der Waals surface area contributed by atoms with Crippen molar-refractivity contribution < 1.29 is 14.0 Å². The van der Waals surface area contributed by atoms with Gasteiger partial charge in [0.15, 0.2) is 0 Å². The third kappa shape index (κ3) is 3.95. The van der Waals surface area contributed by atoms with Gasteiger partial charge in [0, 0.05) is 36.8 Å². The molecular weight excluding hydrogens is 399 g/mol. The number of carbonyl (C=O) groups excluding carboxylic acids is 2. The van der Waals surface area contributed by atoms with Gasteiger partial charge >= 0.3 is 0 Å². The van der Waals surface area contributed by atoms with E-state index in [2.05, 4.69) is 15.5 Å². The molecule has 2 amide bonds. The number of hydrogen-bond donors (Lipinski definition) is 0. The van der Waals surface area contributed by atoms with E-state index in [-0.39, 0.29) is 11.5 Å². The summed E-state index contributed by atoms with van der Waals surface area (Å²) in [6.45, 7) is 1.32. The minimum atomic E-state index is -0.614. The number of piperazine rings is 1. The summed E-state index contributed by atoms with van der Waals surface area (Å²) in [7, 11) is 0. The molecule has 1 fully saturated rings. The van der Waals surface area contributed by atoms with E-state index in [1.54, 1.807) is 29.2 Å². The van der Waals surface area contributed by atoms with E-state index in [1.165, 1.54) is 34.1 Å². The van der Waals surface area contributed by atoms with Crippen LogP contribution in [0.2, 0.25) is 5.02 Å². The van der Waals surface area contributed by atoms with Crippen LogP contribution >= 0.6 is 11.6 Å². The topological polar surface area (TPSA) is 84.2 Å². The maximum atomic E-state index is 14.0. The zero-order chi connectivity index (χ0) is 20.4. The summed E-state index contributed by atoms with van der Waals surface area (Å²) in [5, 5.41) is 11.3. The zero-order valence-electron chi connectivity index (χ0n) is 15.2. The van der Waals surface area contributed by atoms with Crippen LogP contribution in [0.5, 0.6) is 0 Å². The van der Waals surface area contributed by atoms with Gasteiger partial charge in [-0.05, 0) is 46.8 Å². The molecule has 2 heterocycles. The van der Waals surface area contributed by atoms with Gasteiger partial charge in [0.2, 0.25) is 0 Å². The number of hydrogen-bond acceptors (Lipinski definition) is 5. The number of tetrazole rings is 1. The van der Waals surface area contributed by atoms with Crippen LogP contribution < -0.4 is 0 Å². The molecule has 0 radical (unpaired) electrons. The predicted molar refractivity (Wildman–Crippen MR) is 102 cm³/mol. The first-order chi connectivity index (χ1) is 14.0. The summed E-state index contributed by atoms with van der Waals surface area (Å²) >= 11 is 5.88. The number of halogens is 2. The Morgan fingerprint density at radius 2 is 1.69 bits per heavy atom. The standard InChI is InChI=1S/C19H16ClFN6O2/c20-14-4-5-17(21)16(11-14)19(29)26-8-6-25(7-9-26)18(28)13-2-1-3-15(10-13)27-12-22-23-24-27/h1-5,10-12H,6-9H2. The van der Waals surface area contributed by atoms with Crippen LogP contribution in [0.1, 0.15) is 20.7 Å². The molecule has 148 valence electrons. The molecule has 4 rings (SSSR count). The molecule has 0 bridgehead atoms. The van der Waals surface area contributed by atoms with E-state index in [0.717, 1.165) is 0 Å². The lowest BCUT2D eigenvalue weighted by atomic mass is 10.1. The van der Waals surface area contributed by atoms with Crippen LogP contribution in [0.15, 0.2) is 48.8 Å². The summed E-state index contributed by atoms with van der Waals surface area (Å²) in [5.41, 5.74) is 1.11. The fourth-order valence-electron chi connectivity index (χ4n) is 3.19. The molecule has 1 aliphatic heterocycles. The molecule has 0 unspecified atom stereocenters. The summed E-state index contributed by atoms with van der Waals surface area (Å²) < 4.78 is 15.4. The van der Waals surface area contributed by atoms with Crippen molar-refractivity contribution in [2.75, 3.05) is 26.2 Å². The molecular formula is C19H16ClFN6O2. The normalized spacial score (nSPS) is 14.1. The number of benzene rings is 2. The third-order valence-electron chi connectivity index (χ3n) is 4.72. The fraction of sp³-hybridized carbons (Fsp3) is 0.211. The molecule has 0 atom stereocenters. The van der Waals surface area contributed by atoms with Crippen LogP contribution in [0.3, 0.4) is 0 Å². The van der Waals surface area contributed by atoms with Gasteiger partial charge in [-0.1, -0.05) is 17.7 Å². The van der Waals surface area contributed by atoms with Crippen molar-refractivity contribution in [2.24, 2.45) is 0 Å². The average Bonchev–Trinajstić information content (AvgIpc) is 3.30. The van der Waals surface area contributed by atoms with Gasteiger partial charge in [-0.15, -0.1) is 5.10 Å². The fourth-order valence-corrected chi connectivity index (χ4v) is 3.36. The van der Waals surface area contributed by atoms with Crippen molar-refractivity contribution in [3.8, 4) is 5.69 Å². The summed E-state index contributed by atoms with van der Waals surface area (Å²) in [6, 6.07) is 10.9. The van der Waals surface area contributed by atoms with Crippen LogP contribution in [-0.4, -0.2) is 68.0 Å². The van der Waals surface area contributed by atoms with Gasteiger partial charge in [-0.2, -0.15) is 0 Å². The second-order valence-electron chi connectivity index (χ2n) is 6.51. The second-order valence-corrected chi connectivity index (χ2v) is 6.95. The smallest absolute Gasteiger partial charge is 0.257 e. The third-order valence-corrected chi connectivity index (χ3v) is 4.95. The average molecular weight is 415 g/mol. The Morgan fingerprint density at radius 3 is 2.38 bits per heavy atom. The monoisotopic (exact) mass is 414 g/mol. The maximum absolute atomic E-state index is 14.0. The minimum Gasteiger partial charge on any atom is -0.335 e. The maximum Gasteiger partial charge on any atom is 0.257 e. The quantitative estimate of drug-likeness (QED) is 0.655. The van der Waals surface area contributed by atoms with Gasteiger partial charge in [0.05, 0.1) is 11.3 Å². The van der Waals surface area contributed by atoms with Crippen molar-refractivity contribution in [1.29, 1.82) is 0 Å². The molecule has 29 heavy (non-hydrogen) atoms. The highest BCUT2D eigenvalue weighted by Crippen LogP contribution is 2.19. The highest BCUT2D eigenvalue weighted by atomic mass is 35.5. The van der Waals surface area contributed by atoms with Crippen LogP contribution in [-0.2, 0) is 0 Å². The van der Waals surface area contributed by atoms with E-state index >= 15 is 0 Å². The largest absolute Gasteiger partial charge is 0.335 e. The minimum absolute atomic E-state index is 0.0635. The van der Waals surface area contributed by atoms with Crippen molar-refractivity contribution >= 4 is 23.4 Å². The molecule has 0 aliphatic carbocycles. The highest BCUT2D eigenvalue weighted by Gasteiger charge is 2.27. The van der Waals surface area contributed by atoms with E-state index in [4.69, 9.17) is 11.6 Å². The number of rotatable bonds is 3. The van der Waals surface area contributed by atoms with Crippen LogP contribution in [0, 0.1) is 5.82 Å². The highest BCUT2D eigenvalue weighted by molar-refractivity contribution is 6.31. The van der Waals surface area contributed by atoms with E-state index in [0.29, 0.717) is 42.5 Å². The molecule has 0 N–H and O–H groups in total. The predicted octanol–water partition coefficient (Wildman–Crippen LogP) is 2.05. The Labute approximate surface area is 170 Å². The van der Waals surface area contributed by atoms with Crippen LogP contribution in [0.25, 0.3) is 5.69 Å². The number of aromatic nitrogens is 4. The molecule has 0 saturated carbocycles. The Kier molecular flexibility index (Phi) is 5.22. The lowest BCUT2D eigenvalue weighted by Gasteiger charge is -2.35. The molecule has 1 aromatic heterocycles. The van der Waals surface area contributed by atoms with E-state index in [9.17, 15) is 14.0 Å². The summed E-state index contributed by atoms with van der Waals surface area (Å²) in [5.74, 6) is -1.20. The van der Waals surface area contributed by atoms with E-state index in [1.807, 2.05) is 0 Å². The van der Waals surface area contributed by atoms with Gasteiger partial charge in [-0.3, -0.25) is 9.59 Å². The lowest BCUT2D eigenvalue weighted by Crippen LogP contribution is -2.50. The molecule has 10 heteroatoms. The summed E-state index contributed by atoms with van der Waals surface area (Å²) in [4.78, 5) is 28.6. The van der Waals surface area contributed by atoms with Crippen molar-refractivity contribution in [3.05, 3.63) is 70.8 Å². The Bertz CT molecular complexity index is 1050. The van der Waals surface area contributed by atoms with Gasteiger partial charge in [0.25, 0.3) is 11.8 Å². The second kappa shape index (κ2) is 7.96. The molecule has 1 aliphatic rings. The lowest BCUT2D eigenvalue weighted by molar-refractivity contribution is 0.0533. The van der Waals surface area contributed by atoms with Crippen molar-refractivity contribution in [3.63, 3.8) is 0 Å². The SMILES string of the molecule is O=C(c1cccc(-n2cnnn2)c1)N1CCN(C(=O)c2cc(Cl)ccc2F)CC1. The molecule has 2 aromatic carbocycles. The van der Waals surface area contributed by atoms with Crippen molar-refractivity contribution in [2.45, 2.75) is 0 Å². The number of nitrogens with zero attached hydrogens (tertiary/aromatic N) is 6. The zero-order valence-corrected chi connectivity index (χ0v) is 16.0. The number of amides is 2. The van der Waals surface area contributed by atoms with E-state index < -0.39 is 11.7 Å². The molecule has 0 spiro atoms. The van der Waals surface area contributed by atoms with Crippen molar-refractivity contribution in [1.82, 2.24) is 30.0 Å². The Morgan fingerprint density at radius 1 is 0.966 bits per heavy atom. The molecule has 3 aromatic rings. The summed E-state index contributed by atoms with van der Waals surface area (Å²) in [6.07, 6.45) is 1.45. The first kappa shape index (κ1) is 19.0. The van der Waals surface area contributed by atoms with Gasteiger partial charge in [-0.25, -0.2) is 9.07 Å². The first-order valence-electron chi connectivity index (χ1n) is 8.90. The Hall–Kier alpha value is -3.33. The molecule has 8 nitrogen and oxygen atoms in total. The molecule has 1 saturated heterocycles.